The van der Waals surface area contributed by atoms with Crippen molar-refractivity contribution in [2.45, 2.75) is 23.3 Å². The predicted molar refractivity (Wildman–Crippen MR) is 50.1 cm³/mol. The van der Waals surface area contributed by atoms with Crippen molar-refractivity contribution < 1.29 is 4.79 Å². The second-order valence-corrected chi connectivity index (χ2v) is 4.07. The second-order valence-electron chi connectivity index (χ2n) is 2.20. The molecule has 0 bridgehead atoms. The van der Waals surface area contributed by atoms with Crippen LogP contribution in [0.1, 0.15) is 13.3 Å². The quantitative estimate of drug-likeness (QED) is 0.551. The van der Waals surface area contributed by atoms with Crippen molar-refractivity contribution in [3.63, 3.8) is 0 Å². The molecule has 10 heavy (non-hydrogen) atoms. The third-order valence-electron chi connectivity index (χ3n) is 1.24. The molecule has 0 spiro atoms. The van der Waals surface area contributed by atoms with Crippen LogP contribution in [0.2, 0.25) is 0 Å². The van der Waals surface area contributed by atoms with E-state index in [1.54, 1.807) is 0 Å². The molecule has 0 radical (unpaired) electrons. The lowest BCUT2D eigenvalue weighted by atomic mass is 10.1. The maximum Gasteiger partial charge on any atom is 0.162 e. The molecule has 0 saturated heterocycles. The van der Waals surface area contributed by atoms with Crippen molar-refractivity contribution in [2.24, 2.45) is 11.5 Å². The van der Waals surface area contributed by atoms with Crippen molar-refractivity contribution in [1.82, 2.24) is 0 Å². The molecule has 0 aliphatic rings. The van der Waals surface area contributed by atoms with Gasteiger partial charge in [-0.05, 0) is 19.9 Å². The van der Waals surface area contributed by atoms with Crippen LogP contribution in [0.4, 0.5) is 0 Å². The minimum atomic E-state index is -0.364. The van der Waals surface area contributed by atoms with Crippen molar-refractivity contribution in [3.8, 4) is 0 Å². The summed E-state index contributed by atoms with van der Waals surface area (Å²) < 4.78 is -0.000787. The van der Waals surface area contributed by atoms with Gasteiger partial charge in [0, 0.05) is 0 Å². The van der Waals surface area contributed by atoms with Gasteiger partial charge in [0.1, 0.15) is 0 Å². The third-order valence-corrected chi connectivity index (χ3v) is 1.85. The SMILES string of the molecule is CC(I)C(=O)[C@H](N)CCN. The highest BCUT2D eigenvalue weighted by Gasteiger charge is 2.16. The van der Waals surface area contributed by atoms with Crippen LogP contribution in [-0.4, -0.2) is 22.3 Å². The molecule has 2 atom stereocenters. The largest absolute Gasteiger partial charge is 0.330 e. The van der Waals surface area contributed by atoms with E-state index >= 15 is 0 Å². The highest BCUT2D eigenvalue weighted by Crippen LogP contribution is 2.03. The highest BCUT2D eigenvalue weighted by molar-refractivity contribution is 14.1. The summed E-state index contributed by atoms with van der Waals surface area (Å²) in [6.45, 7) is 2.32. The lowest BCUT2D eigenvalue weighted by Gasteiger charge is -2.09. The van der Waals surface area contributed by atoms with Crippen LogP contribution in [0.3, 0.4) is 0 Å². The van der Waals surface area contributed by atoms with E-state index in [-0.39, 0.29) is 15.7 Å². The van der Waals surface area contributed by atoms with Crippen molar-refractivity contribution in [1.29, 1.82) is 0 Å². The Morgan fingerprint density at radius 1 is 1.70 bits per heavy atom. The maximum atomic E-state index is 11.0. The number of hydrogen-bond acceptors (Lipinski definition) is 3. The third kappa shape index (κ3) is 3.48. The number of alkyl halides is 1. The van der Waals surface area contributed by atoms with E-state index in [1.807, 2.05) is 6.92 Å². The van der Waals surface area contributed by atoms with Crippen LogP contribution < -0.4 is 11.5 Å². The van der Waals surface area contributed by atoms with Gasteiger partial charge >= 0.3 is 0 Å². The molecule has 0 fully saturated rings. The molecule has 0 aromatic heterocycles. The molecule has 4 heteroatoms. The smallest absolute Gasteiger partial charge is 0.162 e. The zero-order valence-corrected chi connectivity index (χ0v) is 8.17. The number of nitrogens with two attached hydrogens (primary N) is 2. The van der Waals surface area contributed by atoms with E-state index < -0.39 is 0 Å². The fourth-order valence-corrected chi connectivity index (χ4v) is 1.08. The van der Waals surface area contributed by atoms with Gasteiger partial charge in [0.15, 0.2) is 5.78 Å². The molecule has 0 rings (SSSR count). The Morgan fingerprint density at radius 2 is 2.20 bits per heavy atom. The lowest BCUT2D eigenvalue weighted by molar-refractivity contribution is -0.119. The number of hydrogen-bond donors (Lipinski definition) is 2. The van der Waals surface area contributed by atoms with Gasteiger partial charge < -0.3 is 11.5 Å². The van der Waals surface area contributed by atoms with E-state index in [1.165, 1.54) is 0 Å². The van der Waals surface area contributed by atoms with Gasteiger partial charge in [0.05, 0.1) is 9.97 Å². The van der Waals surface area contributed by atoms with Gasteiger partial charge in [-0.3, -0.25) is 4.79 Å². The molecular formula is C6H13IN2O. The molecule has 3 nitrogen and oxygen atoms in total. The Bertz CT molecular complexity index is 116. The Balaban J connectivity index is 3.71. The normalized spacial score (nSPS) is 16.4. The first-order valence-electron chi connectivity index (χ1n) is 3.23. The van der Waals surface area contributed by atoms with Gasteiger partial charge in [0.2, 0.25) is 0 Å². The summed E-state index contributed by atoms with van der Waals surface area (Å²) in [5.74, 6) is 0.0889. The Hall–Kier alpha value is 0.320. The summed E-state index contributed by atoms with van der Waals surface area (Å²) in [6, 6.07) is -0.364. The molecule has 0 heterocycles. The van der Waals surface area contributed by atoms with Crippen LogP contribution in [0.15, 0.2) is 0 Å². The molecule has 0 aromatic rings. The summed E-state index contributed by atoms with van der Waals surface area (Å²) in [6.07, 6.45) is 0.589. The first kappa shape index (κ1) is 10.3. The van der Waals surface area contributed by atoms with Gasteiger partial charge in [-0.25, -0.2) is 0 Å². The van der Waals surface area contributed by atoms with Gasteiger partial charge in [-0.1, -0.05) is 22.6 Å². The molecule has 1 unspecified atom stereocenters. The van der Waals surface area contributed by atoms with Crippen LogP contribution in [0, 0.1) is 0 Å². The molecule has 0 aliphatic carbocycles. The maximum absolute atomic E-state index is 11.0. The number of ketones is 1. The molecule has 0 aromatic carbocycles. The fourth-order valence-electron chi connectivity index (χ4n) is 0.617. The van der Waals surface area contributed by atoms with Crippen LogP contribution in [-0.2, 0) is 4.79 Å². The monoisotopic (exact) mass is 256 g/mol. The highest BCUT2D eigenvalue weighted by atomic mass is 127. The number of halogens is 1. The summed E-state index contributed by atoms with van der Waals surface area (Å²) >= 11 is 2.05. The first-order valence-corrected chi connectivity index (χ1v) is 4.47. The van der Waals surface area contributed by atoms with Gasteiger partial charge in [0.25, 0.3) is 0 Å². The zero-order valence-electron chi connectivity index (χ0n) is 6.01. The molecule has 60 valence electrons. The van der Waals surface area contributed by atoms with Gasteiger partial charge in [-0.15, -0.1) is 0 Å². The first-order chi connectivity index (χ1) is 4.59. The van der Waals surface area contributed by atoms with E-state index in [2.05, 4.69) is 22.6 Å². The lowest BCUT2D eigenvalue weighted by Crippen LogP contribution is -2.36. The Labute approximate surface area is 74.7 Å². The molecule has 0 saturated carbocycles. The fraction of sp³-hybridized carbons (Fsp3) is 0.833. The van der Waals surface area contributed by atoms with Crippen molar-refractivity contribution >= 4 is 28.4 Å². The predicted octanol–water partition coefficient (Wildman–Crippen LogP) is 0.0551. The van der Waals surface area contributed by atoms with Crippen LogP contribution in [0.25, 0.3) is 0 Å². The van der Waals surface area contributed by atoms with E-state index in [0.29, 0.717) is 13.0 Å². The van der Waals surface area contributed by atoms with E-state index in [0.717, 1.165) is 0 Å². The Kier molecular flexibility index (Phi) is 5.20. The van der Waals surface area contributed by atoms with Crippen molar-refractivity contribution in [3.05, 3.63) is 0 Å². The number of rotatable bonds is 4. The number of Topliss-reactive ketones (excluding diaryl/α,β-unsaturated/α-hetero) is 1. The Morgan fingerprint density at radius 3 is 2.50 bits per heavy atom. The van der Waals surface area contributed by atoms with Gasteiger partial charge in [-0.2, -0.15) is 0 Å². The average Bonchev–Trinajstić information content (AvgIpc) is 1.87. The molecule has 0 amide bonds. The molecule has 4 N–H and O–H groups in total. The topological polar surface area (TPSA) is 69.1 Å². The van der Waals surface area contributed by atoms with E-state index in [9.17, 15) is 4.79 Å². The molecule has 0 aliphatic heterocycles. The minimum absolute atomic E-state index is 0.000787. The average molecular weight is 256 g/mol. The summed E-state index contributed by atoms with van der Waals surface area (Å²) in [4.78, 5) is 11.0. The zero-order chi connectivity index (χ0) is 8.15. The van der Waals surface area contributed by atoms with Crippen molar-refractivity contribution in [2.75, 3.05) is 6.54 Å². The number of carbonyl (C=O) groups excluding carboxylic acids is 1. The van der Waals surface area contributed by atoms with E-state index in [4.69, 9.17) is 11.5 Å². The summed E-state index contributed by atoms with van der Waals surface area (Å²) in [5, 5.41) is 0. The standard InChI is InChI=1S/C6H13IN2O/c1-4(7)6(10)5(9)2-3-8/h4-5H,2-3,8-9H2,1H3/t4?,5-/m1/s1. The second kappa shape index (κ2) is 5.03. The summed E-state index contributed by atoms with van der Waals surface area (Å²) in [5.41, 5.74) is 10.7. The minimum Gasteiger partial charge on any atom is -0.330 e. The van der Waals surface area contributed by atoms with Crippen LogP contribution >= 0.6 is 22.6 Å². The number of carbonyl (C=O) groups is 1. The van der Waals surface area contributed by atoms with Crippen LogP contribution in [0.5, 0.6) is 0 Å². The summed E-state index contributed by atoms with van der Waals surface area (Å²) in [7, 11) is 0. The molecular weight excluding hydrogens is 243 g/mol.